The van der Waals surface area contributed by atoms with Crippen LogP contribution >= 0.6 is 35.1 Å². The van der Waals surface area contributed by atoms with Crippen LogP contribution in [0, 0.1) is 0 Å². The summed E-state index contributed by atoms with van der Waals surface area (Å²) in [6.45, 7) is 2.63. The summed E-state index contributed by atoms with van der Waals surface area (Å²) in [6.07, 6.45) is 0. The summed E-state index contributed by atoms with van der Waals surface area (Å²) in [4.78, 5) is 12.7. The standard InChI is InChI=1S/C19H17ClF2N4OS2/c1-2-26-17(12-3-5-13(20)6-4-12)24-25-19(26)28-11-16(27)23-14-7-9-15(10-8-14)29-18(21)22/h3-10,18H,2,11H2,1H3,(H,23,27). The number of nitrogens with zero attached hydrogens (tertiary/aromatic N) is 3. The third kappa shape index (κ3) is 5.94. The molecule has 1 N–H and O–H groups in total. The molecule has 10 heteroatoms. The largest absolute Gasteiger partial charge is 0.325 e. The summed E-state index contributed by atoms with van der Waals surface area (Å²) < 4.78 is 26.6. The normalized spacial score (nSPS) is 11.1. The fourth-order valence-electron chi connectivity index (χ4n) is 2.54. The summed E-state index contributed by atoms with van der Waals surface area (Å²) >= 11 is 7.67. The third-order valence-corrected chi connectivity index (χ3v) is 5.77. The summed E-state index contributed by atoms with van der Waals surface area (Å²) in [7, 11) is 0. The van der Waals surface area contributed by atoms with Gasteiger partial charge in [0.1, 0.15) is 0 Å². The minimum atomic E-state index is -2.47. The topological polar surface area (TPSA) is 59.8 Å². The van der Waals surface area contributed by atoms with Crippen molar-refractivity contribution in [3.63, 3.8) is 0 Å². The summed E-state index contributed by atoms with van der Waals surface area (Å²) in [5.74, 6) is -1.84. The van der Waals surface area contributed by atoms with Gasteiger partial charge >= 0.3 is 0 Å². The van der Waals surface area contributed by atoms with Crippen LogP contribution < -0.4 is 5.32 Å². The predicted octanol–water partition coefficient (Wildman–Crippen LogP) is 5.66. The molecule has 0 fully saturated rings. The number of carbonyl (C=O) groups is 1. The maximum absolute atomic E-state index is 12.4. The van der Waals surface area contributed by atoms with Crippen LogP contribution in [0.15, 0.2) is 58.6 Å². The van der Waals surface area contributed by atoms with Crippen molar-refractivity contribution in [2.45, 2.75) is 29.3 Å². The Morgan fingerprint density at radius 3 is 2.45 bits per heavy atom. The first-order valence-corrected chi connectivity index (χ1v) is 10.9. The number of nitrogens with one attached hydrogen (secondary N) is 1. The Bertz CT molecular complexity index is 965. The first-order valence-electron chi connectivity index (χ1n) is 8.63. The number of amides is 1. The first kappa shape index (κ1) is 21.6. The lowest BCUT2D eigenvalue weighted by Gasteiger charge is -2.08. The highest BCUT2D eigenvalue weighted by Gasteiger charge is 2.15. The molecule has 152 valence electrons. The van der Waals surface area contributed by atoms with E-state index < -0.39 is 5.76 Å². The zero-order chi connectivity index (χ0) is 20.8. The van der Waals surface area contributed by atoms with E-state index >= 15 is 0 Å². The third-order valence-electron chi connectivity index (χ3n) is 3.83. The summed E-state index contributed by atoms with van der Waals surface area (Å²) in [5.41, 5.74) is 1.44. The second-order valence-electron chi connectivity index (χ2n) is 5.80. The molecular formula is C19H17ClF2N4OS2. The monoisotopic (exact) mass is 454 g/mol. The van der Waals surface area contributed by atoms with Gasteiger partial charge in [0.2, 0.25) is 5.91 Å². The van der Waals surface area contributed by atoms with Crippen molar-refractivity contribution in [1.82, 2.24) is 14.8 Å². The lowest BCUT2D eigenvalue weighted by molar-refractivity contribution is -0.113. The lowest BCUT2D eigenvalue weighted by Crippen LogP contribution is -2.14. The van der Waals surface area contributed by atoms with Gasteiger partial charge in [-0.1, -0.05) is 35.1 Å². The van der Waals surface area contributed by atoms with Crippen LogP contribution in [-0.4, -0.2) is 32.2 Å². The van der Waals surface area contributed by atoms with E-state index in [1.807, 2.05) is 23.6 Å². The minimum Gasteiger partial charge on any atom is -0.325 e. The molecule has 1 heterocycles. The molecule has 5 nitrogen and oxygen atoms in total. The molecule has 0 unspecified atom stereocenters. The van der Waals surface area contributed by atoms with E-state index in [2.05, 4.69) is 15.5 Å². The molecule has 3 rings (SSSR count). The van der Waals surface area contributed by atoms with Gasteiger partial charge in [-0.25, -0.2) is 0 Å². The van der Waals surface area contributed by atoms with Crippen molar-refractivity contribution < 1.29 is 13.6 Å². The van der Waals surface area contributed by atoms with Gasteiger partial charge in [-0.05, 0) is 55.5 Å². The van der Waals surface area contributed by atoms with Gasteiger partial charge in [-0.2, -0.15) is 8.78 Å². The van der Waals surface area contributed by atoms with Gasteiger partial charge in [0.15, 0.2) is 11.0 Å². The lowest BCUT2D eigenvalue weighted by atomic mass is 10.2. The quantitative estimate of drug-likeness (QED) is 0.445. The molecule has 0 aliphatic heterocycles. The van der Waals surface area contributed by atoms with Crippen molar-refractivity contribution in [3.05, 3.63) is 53.6 Å². The molecule has 1 amide bonds. The Morgan fingerprint density at radius 2 is 1.83 bits per heavy atom. The van der Waals surface area contributed by atoms with E-state index in [9.17, 15) is 13.6 Å². The van der Waals surface area contributed by atoms with Crippen LogP contribution in [0.4, 0.5) is 14.5 Å². The number of hydrogen-bond acceptors (Lipinski definition) is 5. The maximum Gasteiger partial charge on any atom is 0.288 e. The highest BCUT2D eigenvalue weighted by molar-refractivity contribution is 8.00. The smallest absolute Gasteiger partial charge is 0.288 e. The molecule has 0 aliphatic carbocycles. The number of anilines is 1. The molecule has 0 spiro atoms. The molecule has 0 saturated heterocycles. The van der Waals surface area contributed by atoms with Crippen LogP contribution in [0.2, 0.25) is 5.02 Å². The molecule has 29 heavy (non-hydrogen) atoms. The Morgan fingerprint density at radius 1 is 1.14 bits per heavy atom. The fourth-order valence-corrected chi connectivity index (χ4v) is 3.97. The van der Waals surface area contributed by atoms with E-state index in [-0.39, 0.29) is 11.7 Å². The van der Waals surface area contributed by atoms with Crippen molar-refractivity contribution in [1.29, 1.82) is 0 Å². The van der Waals surface area contributed by atoms with Crippen LogP contribution in [0.3, 0.4) is 0 Å². The zero-order valence-electron chi connectivity index (χ0n) is 15.3. The number of rotatable bonds is 8. The highest BCUT2D eigenvalue weighted by Crippen LogP contribution is 2.27. The predicted molar refractivity (Wildman–Crippen MR) is 114 cm³/mol. The summed E-state index contributed by atoms with van der Waals surface area (Å²) in [6, 6.07) is 13.6. The van der Waals surface area contributed by atoms with Gasteiger partial charge in [-0.3, -0.25) is 4.79 Å². The average Bonchev–Trinajstić information content (AvgIpc) is 3.11. The van der Waals surface area contributed by atoms with E-state index in [1.54, 1.807) is 36.4 Å². The van der Waals surface area contributed by atoms with Crippen LogP contribution in [-0.2, 0) is 11.3 Å². The van der Waals surface area contributed by atoms with Gasteiger partial charge < -0.3 is 9.88 Å². The van der Waals surface area contributed by atoms with Crippen LogP contribution in [0.1, 0.15) is 6.92 Å². The number of carbonyl (C=O) groups excluding carboxylic acids is 1. The number of hydrogen-bond donors (Lipinski definition) is 1. The molecule has 0 aliphatic rings. The van der Waals surface area contributed by atoms with Crippen molar-refractivity contribution >= 4 is 46.7 Å². The number of aromatic nitrogens is 3. The van der Waals surface area contributed by atoms with Crippen molar-refractivity contribution in [2.24, 2.45) is 0 Å². The second kappa shape index (κ2) is 10.1. The number of halogens is 3. The van der Waals surface area contributed by atoms with Crippen LogP contribution in [0.5, 0.6) is 0 Å². The molecule has 1 aromatic heterocycles. The molecule has 0 atom stereocenters. The Balaban J connectivity index is 1.61. The molecule has 0 radical (unpaired) electrons. The molecular weight excluding hydrogens is 438 g/mol. The van der Waals surface area contributed by atoms with E-state index in [0.29, 0.717) is 44.9 Å². The number of benzene rings is 2. The summed E-state index contributed by atoms with van der Waals surface area (Å²) in [5, 5.41) is 12.5. The zero-order valence-corrected chi connectivity index (χ0v) is 17.7. The Kier molecular flexibility index (Phi) is 7.51. The Labute approximate surface area is 180 Å². The number of alkyl halides is 2. The highest BCUT2D eigenvalue weighted by atomic mass is 35.5. The van der Waals surface area contributed by atoms with E-state index in [1.165, 1.54) is 11.8 Å². The van der Waals surface area contributed by atoms with E-state index in [4.69, 9.17) is 11.6 Å². The van der Waals surface area contributed by atoms with Gasteiger partial charge in [-0.15, -0.1) is 10.2 Å². The fraction of sp³-hybridized carbons (Fsp3) is 0.211. The molecule has 0 saturated carbocycles. The van der Waals surface area contributed by atoms with Crippen molar-refractivity contribution in [3.8, 4) is 11.4 Å². The van der Waals surface area contributed by atoms with Gasteiger partial charge in [0.25, 0.3) is 5.76 Å². The average molecular weight is 455 g/mol. The van der Waals surface area contributed by atoms with Gasteiger partial charge in [0, 0.05) is 27.7 Å². The molecule has 0 bridgehead atoms. The maximum atomic E-state index is 12.4. The number of thioether (sulfide) groups is 2. The van der Waals surface area contributed by atoms with E-state index in [0.717, 1.165) is 5.56 Å². The molecule has 2 aromatic carbocycles. The molecule has 3 aromatic rings. The van der Waals surface area contributed by atoms with Crippen molar-refractivity contribution in [2.75, 3.05) is 11.1 Å². The van der Waals surface area contributed by atoms with Crippen LogP contribution in [0.25, 0.3) is 11.4 Å². The minimum absolute atomic E-state index is 0.145. The first-order chi connectivity index (χ1) is 14.0. The second-order valence-corrected chi connectivity index (χ2v) is 8.24. The van der Waals surface area contributed by atoms with Gasteiger partial charge in [0.05, 0.1) is 5.75 Å². The SMILES string of the molecule is CCn1c(SCC(=O)Nc2ccc(SC(F)F)cc2)nnc1-c1ccc(Cl)cc1. The Hall–Kier alpha value is -2.10.